The van der Waals surface area contributed by atoms with Crippen LogP contribution in [0.25, 0.3) is 11.5 Å². The highest BCUT2D eigenvalue weighted by atomic mass is 15.3. The van der Waals surface area contributed by atoms with Crippen LogP contribution in [0.2, 0.25) is 0 Å². The monoisotopic (exact) mass is 231 g/mol. The van der Waals surface area contributed by atoms with Gasteiger partial charge in [-0.2, -0.15) is 5.10 Å². The number of hydrogen-bond donors (Lipinski definition) is 1. The van der Waals surface area contributed by atoms with Gasteiger partial charge in [-0.25, -0.2) is 9.97 Å². The van der Waals surface area contributed by atoms with Gasteiger partial charge in [0, 0.05) is 31.5 Å². The summed E-state index contributed by atoms with van der Waals surface area (Å²) in [6.45, 7) is 4.67. The minimum absolute atomic E-state index is 0.332. The molecule has 2 N–H and O–H groups in total. The summed E-state index contributed by atoms with van der Waals surface area (Å²) < 4.78 is 1.74. The second kappa shape index (κ2) is 4.63. The van der Waals surface area contributed by atoms with E-state index < -0.39 is 0 Å². The molecular weight excluding hydrogens is 214 g/mol. The first-order valence-corrected chi connectivity index (χ1v) is 5.67. The van der Waals surface area contributed by atoms with Gasteiger partial charge in [-0.15, -0.1) is 0 Å². The molecule has 0 atom stereocenters. The van der Waals surface area contributed by atoms with Crippen molar-refractivity contribution in [2.24, 2.45) is 12.8 Å². The molecule has 2 heterocycles. The van der Waals surface area contributed by atoms with Crippen molar-refractivity contribution in [3.63, 3.8) is 0 Å². The predicted octanol–water partition coefficient (Wildman–Crippen LogP) is 1.46. The fourth-order valence-electron chi connectivity index (χ4n) is 1.73. The van der Waals surface area contributed by atoms with E-state index in [0.29, 0.717) is 18.3 Å². The van der Waals surface area contributed by atoms with Crippen LogP contribution >= 0.6 is 0 Å². The van der Waals surface area contributed by atoms with Gasteiger partial charge in [0.15, 0.2) is 5.82 Å². The van der Waals surface area contributed by atoms with Crippen LogP contribution in [0.5, 0.6) is 0 Å². The summed E-state index contributed by atoms with van der Waals surface area (Å²) in [5.74, 6) is 0.991. The molecule has 0 aliphatic carbocycles. The number of nitrogens with two attached hydrogens (primary N) is 1. The highest BCUT2D eigenvalue weighted by molar-refractivity contribution is 5.48. The molecule has 0 spiro atoms. The molecule has 0 aliphatic heterocycles. The van der Waals surface area contributed by atoms with E-state index >= 15 is 0 Å². The van der Waals surface area contributed by atoms with E-state index in [1.807, 2.05) is 19.3 Å². The fraction of sp³-hybridized carbons (Fsp3) is 0.417. The third-order valence-corrected chi connectivity index (χ3v) is 2.61. The summed E-state index contributed by atoms with van der Waals surface area (Å²) in [6.07, 6.45) is 3.68. The molecule has 90 valence electrons. The molecule has 0 saturated carbocycles. The summed E-state index contributed by atoms with van der Waals surface area (Å²) in [7, 11) is 1.88. The lowest BCUT2D eigenvalue weighted by Gasteiger charge is -2.10. The molecule has 2 aromatic rings. The highest BCUT2D eigenvalue weighted by Gasteiger charge is 2.12. The first-order valence-electron chi connectivity index (χ1n) is 5.67. The van der Waals surface area contributed by atoms with Crippen molar-refractivity contribution in [1.82, 2.24) is 19.7 Å². The second-order valence-electron chi connectivity index (χ2n) is 4.34. The maximum Gasteiger partial charge on any atom is 0.180 e. The molecule has 0 saturated heterocycles. The average molecular weight is 231 g/mol. The molecule has 0 unspecified atom stereocenters. The number of hydrogen-bond acceptors (Lipinski definition) is 4. The summed E-state index contributed by atoms with van der Waals surface area (Å²) in [4.78, 5) is 8.87. The van der Waals surface area contributed by atoms with Crippen LogP contribution in [0.4, 0.5) is 0 Å². The molecule has 0 aromatic carbocycles. The van der Waals surface area contributed by atoms with Crippen molar-refractivity contribution in [3.05, 3.63) is 29.7 Å². The molecule has 17 heavy (non-hydrogen) atoms. The van der Waals surface area contributed by atoms with E-state index in [2.05, 4.69) is 28.9 Å². The van der Waals surface area contributed by atoms with Crippen LogP contribution in [0.15, 0.2) is 18.5 Å². The summed E-state index contributed by atoms with van der Waals surface area (Å²) >= 11 is 0. The molecule has 0 radical (unpaired) electrons. The Labute approximate surface area is 101 Å². The van der Waals surface area contributed by atoms with Gasteiger partial charge in [0.1, 0.15) is 5.69 Å². The fourth-order valence-corrected chi connectivity index (χ4v) is 1.73. The van der Waals surface area contributed by atoms with Crippen LogP contribution in [0, 0.1) is 0 Å². The Bertz CT molecular complexity index is 515. The molecule has 5 heteroatoms. The van der Waals surface area contributed by atoms with Gasteiger partial charge < -0.3 is 5.73 Å². The summed E-state index contributed by atoms with van der Waals surface area (Å²) in [5.41, 5.74) is 8.47. The number of aromatic nitrogens is 4. The highest BCUT2D eigenvalue weighted by Crippen LogP contribution is 2.19. The molecule has 0 aliphatic rings. The van der Waals surface area contributed by atoms with E-state index in [-0.39, 0.29) is 0 Å². The third kappa shape index (κ3) is 2.34. The van der Waals surface area contributed by atoms with E-state index in [0.717, 1.165) is 17.0 Å². The smallest absolute Gasteiger partial charge is 0.180 e. The van der Waals surface area contributed by atoms with Crippen LogP contribution in [-0.2, 0) is 13.6 Å². The van der Waals surface area contributed by atoms with E-state index in [1.165, 1.54) is 0 Å². The second-order valence-corrected chi connectivity index (χ2v) is 4.34. The van der Waals surface area contributed by atoms with Crippen LogP contribution in [-0.4, -0.2) is 19.7 Å². The molecule has 0 bridgehead atoms. The Morgan fingerprint density at radius 3 is 2.71 bits per heavy atom. The van der Waals surface area contributed by atoms with E-state index in [4.69, 9.17) is 5.73 Å². The Morgan fingerprint density at radius 2 is 2.18 bits per heavy atom. The van der Waals surface area contributed by atoms with Crippen LogP contribution in [0.3, 0.4) is 0 Å². The molecule has 0 fully saturated rings. The Hall–Kier alpha value is -1.75. The SMILES string of the molecule is CC(C)c1nc(-c2ccn(C)n2)ncc1CN. The molecular formula is C12H17N5. The maximum absolute atomic E-state index is 5.68. The zero-order chi connectivity index (χ0) is 12.4. The third-order valence-electron chi connectivity index (χ3n) is 2.61. The lowest BCUT2D eigenvalue weighted by Crippen LogP contribution is -2.08. The van der Waals surface area contributed by atoms with E-state index in [9.17, 15) is 0 Å². The first kappa shape index (κ1) is 11.7. The largest absolute Gasteiger partial charge is 0.326 e. The van der Waals surface area contributed by atoms with Crippen molar-refractivity contribution in [2.75, 3.05) is 0 Å². The van der Waals surface area contributed by atoms with Gasteiger partial charge in [0.25, 0.3) is 0 Å². The topological polar surface area (TPSA) is 69.6 Å². The Kier molecular flexibility index (Phi) is 3.19. The van der Waals surface area contributed by atoms with Crippen LogP contribution < -0.4 is 5.73 Å². The number of nitrogens with zero attached hydrogens (tertiary/aromatic N) is 4. The molecule has 2 aromatic heterocycles. The Balaban J connectivity index is 2.47. The van der Waals surface area contributed by atoms with Gasteiger partial charge in [-0.1, -0.05) is 13.8 Å². The van der Waals surface area contributed by atoms with E-state index in [1.54, 1.807) is 10.9 Å². The zero-order valence-corrected chi connectivity index (χ0v) is 10.4. The van der Waals surface area contributed by atoms with Crippen molar-refractivity contribution >= 4 is 0 Å². The normalized spacial score (nSPS) is 11.1. The summed E-state index contributed by atoms with van der Waals surface area (Å²) in [5, 5.41) is 4.30. The minimum atomic E-state index is 0.332. The molecule has 0 amide bonds. The lowest BCUT2D eigenvalue weighted by molar-refractivity contribution is 0.761. The predicted molar refractivity (Wildman–Crippen MR) is 66.2 cm³/mol. The van der Waals surface area contributed by atoms with Gasteiger partial charge in [0.05, 0.1) is 5.69 Å². The quantitative estimate of drug-likeness (QED) is 0.868. The Morgan fingerprint density at radius 1 is 1.41 bits per heavy atom. The molecule has 5 nitrogen and oxygen atoms in total. The van der Waals surface area contributed by atoms with Gasteiger partial charge in [-0.05, 0) is 12.0 Å². The van der Waals surface area contributed by atoms with Gasteiger partial charge >= 0.3 is 0 Å². The van der Waals surface area contributed by atoms with Crippen molar-refractivity contribution in [3.8, 4) is 11.5 Å². The maximum atomic E-state index is 5.68. The van der Waals surface area contributed by atoms with Crippen molar-refractivity contribution in [1.29, 1.82) is 0 Å². The molecule has 2 rings (SSSR count). The standard InChI is InChI=1S/C12H17N5/c1-8(2)11-9(6-13)7-14-12(15-11)10-4-5-17(3)16-10/h4-5,7-8H,6,13H2,1-3H3. The van der Waals surface area contributed by atoms with Crippen molar-refractivity contribution < 1.29 is 0 Å². The number of rotatable bonds is 3. The summed E-state index contributed by atoms with van der Waals surface area (Å²) in [6, 6.07) is 1.90. The minimum Gasteiger partial charge on any atom is -0.326 e. The van der Waals surface area contributed by atoms with Crippen molar-refractivity contribution in [2.45, 2.75) is 26.3 Å². The lowest BCUT2D eigenvalue weighted by atomic mass is 10.1. The van der Waals surface area contributed by atoms with Gasteiger partial charge in [-0.3, -0.25) is 4.68 Å². The van der Waals surface area contributed by atoms with Crippen LogP contribution in [0.1, 0.15) is 31.0 Å². The zero-order valence-electron chi connectivity index (χ0n) is 10.4. The average Bonchev–Trinajstić information content (AvgIpc) is 2.75. The number of aryl methyl sites for hydroxylation is 1. The van der Waals surface area contributed by atoms with Gasteiger partial charge in [0.2, 0.25) is 0 Å². The first-order chi connectivity index (χ1) is 8.11.